The van der Waals surface area contributed by atoms with Gasteiger partial charge in [-0.05, 0) is 18.2 Å². The first kappa shape index (κ1) is 8.93. The van der Waals surface area contributed by atoms with Crippen LogP contribution in [0, 0.1) is 0 Å². The molecule has 0 aliphatic carbocycles. The van der Waals surface area contributed by atoms with Crippen LogP contribution in [0.3, 0.4) is 0 Å². The van der Waals surface area contributed by atoms with Gasteiger partial charge in [-0.3, -0.25) is 0 Å². The Morgan fingerprint density at radius 2 is 2.15 bits per heavy atom. The fraction of sp³-hybridized carbons (Fsp3) is 0. The molecule has 0 aliphatic rings. The van der Waals surface area contributed by atoms with E-state index in [0.717, 1.165) is 4.70 Å². The van der Waals surface area contributed by atoms with Gasteiger partial charge in [0.15, 0.2) is 15.2 Å². The van der Waals surface area contributed by atoms with Crippen molar-refractivity contribution >= 4 is 43.9 Å². The predicted octanol–water partition coefficient (Wildman–Crippen LogP) is 1.92. The van der Waals surface area contributed by atoms with E-state index in [1.54, 1.807) is 12.1 Å². The second-order valence-electron chi connectivity index (χ2n) is 2.38. The summed E-state index contributed by atoms with van der Waals surface area (Å²) < 4.78 is 22.6. The van der Waals surface area contributed by atoms with E-state index in [0.29, 0.717) is 9.98 Å². The molecule has 3 nitrogen and oxygen atoms in total. The highest BCUT2D eigenvalue weighted by Gasteiger charge is 2.03. The molecule has 0 spiro atoms. The molecule has 0 saturated heterocycles. The molecule has 1 aromatic carbocycles. The maximum atomic E-state index is 10.6. The van der Waals surface area contributed by atoms with Gasteiger partial charge in [-0.1, -0.05) is 11.6 Å². The minimum absolute atomic E-state index is 0.268. The van der Waals surface area contributed by atoms with Crippen molar-refractivity contribution in [3.8, 4) is 0 Å². The molecule has 6 heteroatoms. The van der Waals surface area contributed by atoms with E-state index in [4.69, 9.17) is 11.6 Å². The van der Waals surface area contributed by atoms with E-state index >= 15 is 0 Å². The van der Waals surface area contributed by atoms with Crippen LogP contribution in [0.1, 0.15) is 0 Å². The second-order valence-corrected chi connectivity index (χ2v) is 5.02. The fourth-order valence-electron chi connectivity index (χ4n) is 1.00. The van der Waals surface area contributed by atoms with Gasteiger partial charge in [0.1, 0.15) is 0 Å². The zero-order valence-electron chi connectivity index (χ0n) is 6.23. The molecule has 0 aliphatic heterocycles. The maximum Gasteiger partial charge on any atom is 0.184 e. The Morgan fingerprint density at radius 3 is 2.85 bits per heavy atom. The molecule has 0 radical (unpaired) electrons. The lowest BCUT2D eigenvalue weighted by Gasteiger charge is -1.88. The number of nitrogens with zero attached hydrogens (tertiary/aromatic N) is 1. The molecular weight excluding hydrogens is 230 g/mol. The van der Waals surface area contributed by atoms with Gasteiger partial charge >= 0.3 is 0 Å². The highest BCUT2D eigenvalue weighted by atomic mass is 35.5. The van der Waals surface area contributed by atoms with Crippen LogP contribution in [0.25, 0.3) is 10.2 Å². The summed E-state index contributed by atoms with van der Waals surface area (Å²) in [5, 5.41) is 0. The highest BCUT2D eigenvalue weighted by Crippen LogP contribution is 2.26. The van der Waals surface area contributed by atoms with Gasteiger partial charge in [-0.25, -0.2) is 13.4 Å². The Hall–Kier alpha value is -0.650. The molecule has 1 aromatic heterocycles. The Bertz CT molecular complexity index is 524. The third kappa shape index (κ3) is 1.67. The summed E-state index contributed by atoms with van der Waals surface area (Å²) in [6.45, 7) is 0. The summed E-state index contributed by atoms with van der Waals surface area (Å²) in [4.78, 5) is 4.24. The van der Waals surface area contributed by atoms with Gasteiger partial charge in [0.05, 0.1) is 15.1 Å². The average molecular weight is 234 g/mol. The molecule has 0 N–H and O–H groups in total. The summed E-state index contributed by atoms with van der Waals surface area (Å²) in [7, 11) is -2.54. The van der Waals surface area contributed by atoms with Crippen LogP contribution < -0.4 is 0 Å². The quantitative estimate of drug-likeness (QED) is 0.766. The van der Waals surface area contributed by atoms with Gasteiger partial charge in [0, 0.05) is 0 Å². The molecular formula is C7H4ClNO2S2. The van der Waals surface area contributed by atoms with Crippen LogP contribution in [0.2, 0.25) is 4.47 Å². The van der Waals surface area contributed by atoms with Crippen molar-refractivity contribution in [2.24, 2.45) is 0 Å². The van der Waals surface area contributed by atoms with E-state index in [1.807, 2.05) is 0 Å². The lowest BCUT2D eigenvalue weighted by Crippen LogP contribution is -1.78. The van der Waals surface area contributed by atoms with E-state index in [9.17, 15) is 8.42 Å². The fourth-order valence-corrected chi connectivity index (χ4v) is 2.44. The Labute approximate surface area is 84.9 Å². The Morgan fingerprint density at radius 1 is 1.38 bits per heavy atom. The summed E-state index contributed by atoms with van der Waals surface area (Å²) in [6, 6.07) is 4.77. The Kier molecular flexibility index (Phi) is 2.23. The lowest BCUT2D eigenvalue weighted by atomic mass is 10.3. The first-order valence-electron chi connectivity index (χ1n) is 3.37. The molecule has 68 valence electrons. The first-order chi connectivity index (χ1) is 6.16. The minimum Gasteiger partial charge on any atom is -0.227 e. The van der Waals surface area contributed by atoms with Crippen molar-refractivity contribution in [1.29, 1.82) is 0 Å². The number of rotatable bonds is 1. The van der Waals surface area contributed by atoms with Gasteiger partial charge < -0.3 is 0 Å². The van der Waals surface area contributed by atoms with Crippen LogP contribution >= 0.6 is 22.9 Å². The summed E-state index contributed by atoms with van der Waals surface area (Å²) in [6.07, 6.45) is 0. The number of halogens is 1. The number of fused-ring (bicyclic) bond motifs is 1. The predicted molar refractivity (Wildman–Crippen MR) is 53.2 cm³/mol. The number of thiol groups is 1. The molecule has 0 saturated carbocycles. The van der Waals surface area contributed by atoms with Gasteiger partial charge in [-0.15, -0.1) is 11.3 Å². The van der Waals surface area contributed by atoms with E-state index < -0.39 is 10.7 Å². The molecule has 0 fully saturated rings. The largest absolute Gasteiger partial charge is 0.227 e. The summed E-state index contributed by atoms with van der Waals surface area (Å²) in [5.74, 6) is 0. The molecule has 2 aromatic rings. The van der Waals surface area contributed by atoms with Crippen LogP contribution in [0.5, 0.6) is 0 Å². The maximum absolute atomic E-state index is 10.6. The topological polar surface area (TPSA) is 47.0 Å². The van der Waals surface area contributed by atoms with Crippen LogP contribution in [0.4, 0.5) is 0 Å². The van der Waals surface area contributed by atoms with E-state index in [-0.39, 0.29) is 4.90 Å². The van der Waals surface area contributed by atoms with Gasteiger partial charge in [0.2, 0.25) is 0 Å². The smallest absolute Gasteiger partial charge is 0.184 e. The number of thiazole rings is 1. The SMILES string of the molecule is O=[SH](=O)c1ccc2sc(Cl)nc2c1. The monoisotopic (exact) mass is 233 g/mol. The summed E-state index contributed by atoms with van der Waals surface area (Å²) in [5.41, 5.74) is 0.631. The zero-order valence-corrected chi connectivity index (χ0v) is 8.70. The van der Waals surface area contributed by atoms with Crippen molar-refractivity contribution < 1.29 is 8.42 Å². The normalized spacial score (nSPS) is 11.2. The van der Waals surface area contributed by atoms with Crippen molar-refractivity contribution in [2.45, 2.75) is 4.90 Å². The third-order valence-electron chi connectivity index (χ3n) is 1.56. The van der Waals surface area contributed by atoms with Gasteiger partial charge in [-0.2, -0.15) is 0 Å². The Balaban J connectivity index is 2.74. The van der Waals surface area contributed by atoms with Gasteiger partial charge in [0.25, 0.3) is 0 Å². The van der Waals surface area contributed by atoms with Crippen molar-refractivity contribution in [3.05, 3.63) is 22.7 Å². The molecule has 13 heavy (non-hydrogen) atoms. The van der Waals surface area contributed by atoms with Crippen LogP contribution in [-0.2, 0) is 10.7 Å². The molecule has 1 heterocycles. The second kappa shape index (κ2) is 3.25. The molecule has 0 amide bonds. The zero-order chi connectivity index (χ0) is 9.42. The minimum atomic E-state index is -2.54. The van der Waals surface area contributed by atoms with Crippen LogP contribution in [-0.4, -0.2) is 13.4 Å². The third-order valence-corrected chi connectivity index (χ3v) is 3.40. The highest BCUT2D eigenvalue weighted by molar-refractivity contribution is 7.72. The number of hydrogen-bond donors (Lipinski definition) is 1. The lowest BCUT2D eigenvalue weighted by molar-refractivity contribution is 0.614. The van der Waals surface area contributed by atoms with E-state index in [1.165, 1.54) is 17.4 Å². The molecule has 0 unspecified atom stereocenters. The van der Waals surface area contributed by atoms with E-state index in [2.05, 4.69) is 4.98 Å². The van der Waals surface area contributed by atoms with Crippen molar-refractivity contribution in [1.82, 2.24) is 4.98 Å². The molecule has 2 rings (SSSR count). The van der Waals surface area contributed by atoms with Crippen LogP contribution in [0.15, 0.2) is 23.1 Å². The standard InChI is InChI=1S/C7H4ClNO2S2/c8-7-9-5-3-4(13(10)11)1-2-6(5)12-7/h1-3,13H. The first-order valence-corrected chi connectivity index (χ1v) is 5.74. The molecule has 0 bridgehead atoms. The summed E-state index contributed by atoms with van der Waals surface area (Å²) >= 11 is 7.00. The molecule has 0 atom stereocenters. The number of hydrogen-bond acceptors (Lipinski definition) is 4. The number of aromatic nitrogens is 1. The average Bonchev–Trinajstić information content (AvgIpc) is 2.42. The van der Waals surface area contributed by atoms with Crippen molar-refractivity contribution in [3.63, 3.8) is 0 Å². The number of benzene rings is 1. The van der Waals surface area contributed by atoms with Crippen molar-refractivity contribution in [2.75, 3.05) is 0 Å².